The first kappa shape index (κ1) is 17.1. The molecule has 1 fully saturated rings. The van der Waals surface area contributed by atoms with Gasteiger partial charge in [-0.05, 0) is 36.6 Å². The largest absolute Gasteiger partial charge is 0.348 e. The minimum absolute atomic E-state index is 0.0426. The van der Waals surface area contributed by atoms with Gasteiger partial charge >= 0.3 is 0 Å². The molecule has 0 bridgehead atoms. The third-order valence-corrected chi connectivity index (χ3v) is 4.46. The Morgan fingerprint density at radius 2 is 1.54 bits per heavy atom. The lowest BCUT2D eigenvalue weighted by molar-refractivity contribution is -0.206. The molecule has 2 aromatic rings. The van der Waals surface area contributed by atoms with Crippen LogP contribution in [0.2, 0.25) is 0 Å². The highest BCUT2D eigenvalue weighted by Crippen LogP contribution is 2.29. The minimum atomic E-state index is -0.532. The molecule has 0 saturated carbocycles. The molecule has 0 N–H and O–H groups in total. The number of benzene rings is 2. The molecule has 4 heteroatoms. The van der Waals surface area contributed by atoms with E-state index in [1.165, 1.54) is 19.1 Å². The van der Waals surface area contributed by atoms with Crippen LogP contribution in [0.25, 0.3) is 11.1 Å². The number of hydrogen-bond donors (Lipinski definition) is 0. The van der Waals surface area contributed by atoms with Crippen LogP contribution in [0.15, 0.2) is 36.4 Å². The summed E-state index contributed by atoms with van der Waals surface area (Å²) in [4.78, 5) is 0. The first-order valence-corrected chi connectivity index (χ1v) is 8.37. The molecule has 3 rings (SSSR count). The molecule has 1 heterocycles. The molecule has 0 amide bonds. The van der Waals surface area contributed by atoms with Crippen LogP contribution in [-0.4, -0.2) is 13.2 Å². The summed E-state index contributed by atoms with van der Waals surface area (Å²) in [6, 6.07) is 10.2. The van der Waals surface area contributed by atoms with Crippen molar-refractivity contribution in [2.24, 2.45) is 5.92 Å². The monoisotopic (exact) mass is 332 g/mol. The van der Waals surface area contributed by atoms with Gasteiger partial charge in [0.2, 0.25) is 0 Å². The van der Waals surface area contributed by atoms with Crippen LogP contribution in [0.3, 0.4) is 0 Å². The zero-order valence-electron chi connectivity index (χ0n) is 14.0. The average Bonchev–Trinajstić information content (AvgIpc) is 2.60. The van der Waals surface area contributed by atoms with Gasteiger partial charge in [-0.2, -0.15) is 0 Å². The summed E-state index contributed by atoms with van der Waals surface area (Å²) >= 11 is 0. The van der Waals surface area contributed by atoms with Crippen LogP contribution in [0.1, 0.15) is 37.2 Å². The Bertz CT molecular complexity index is 666. The Hall–Kier alpha value is -1.78. The maximum Gasteiger partial charge on any atom is 0.183 e. The Kier molecular flexibility index (Phi) is 5.27. The summed E-state index contributed by atoms with van der Waals surface area (Å²) in [6.07, 6.45) is 1.87. The average molecular weight is 332 g/mol. The molecular weight excluding hydrogens is 310 g/mol. The summed E-state index contributed by atoms with van der Waals surface area (Å²) in [6.45, 7) is 4.99. The Labute approximate surface area is 141 Å². The smallest absolute Gasteiger partial charge is 0.183 e. The molecule has 1 saturated heterocycles. The number of hydrogen-bond acceptors (Lipinski definition) is 2. The lowest BCUT2D eigenvalue weighted by Crippen LogP contribution is -2.26. The molecule has 2 aromatic carbocycles. The molecule has 128 valence electrons. The quantitative estimate of drug-likeness (QED) is 0.746. The zero-order valence-corrected chi connectivity index (χ0v) is 14.0. The molecule has 0 aliphatic carbocycles. The second-order valence-corrected chi connectivity index (χ2v) is 6.34. The van der Waals surface area contributed by atoms with E-state index < -0.39 is 11.6 Å². The molecular formula is C20H22F2O2. The summed E-state index contributed by atoms with van der Waals surface area (Å²) in [7, 11) is 0. The van der Waals surface area contributed by atoms with Gasteiger partial charge in [0.15, 0.2) is 6.29 Å². The van der Waals surface area contributed by atoms with E-state index in [2.05, 4.69) is 6.92 Å². The van der Waals surface area contributed by atoms with E-state index in [0.29, 0.717) is 24.7 Å². The van der Waals surface area contributed by atoms with Gasteiger partial charge in [0.1, 0.15) is 11.6 Å². The van der Waals surface area contributed by atoms with Crippen LogP contribution >= 0.6 is 0 Å². The van der Waals surface area contributed by atoms with Crippen molar-refractivity contribution in [1.29, 1.82) is 0 Å². The molecule has 0 aromatic heterocycles. The second-order valence-electron chi connectivity index (χ2n) is 6.34. The zero-order chi connectivity index (χ0) is 17.1. The summed E-state index contributed by atoms with van der Waals surface area (Å²) in [5.41, 5.74) is 2.25. The predicted octanol–water partition coefficient (Wildman–Crippen LogP) is 5.40. The molecule has 1 aliphatic rings. The summed E-state index contributed by atoms with van der Waals surface area (Å²) < 4.78 is 39.0. The fourth-order valence-electron chi connectivity index (χ4n) is 2.96. The van der Waals surface area contributed by atoms with E-state index in [1.807, 2.05) is 24.3 Å². The SMILES string of the molecule is CCCC1COC(c2ccc(-c3cc(F)c(C)c(F)c3)cc2)OC1. The second kappa shape index (κ2) is 7.41. The fraction of sp³-hybridized carbons (Fsp3) is 0.400. The number of ether oxygens (including phenoxy) is 2. The van der Waals surface area contributed by atoms with E-state index in [9.17, 15) is 8.78 Å². The van der Waals surface area contributed by atoms with Gasteiger partial charge in [-0.25, -0.2) is 8.78 Å². The molecule has 24 heavy (non-hydrogen) atoms. The van der Waals surface area contributed by atoms with Gasteiger partial charge in [-0.15, -0.1) is 0 Å². The van der Waals surface area contributed by atoms with Crippen LogP contribution < -0.4 is 0 Å². The van der Waals surface area contributed by atoms with Crippen molar-refractivity contribution in [2.45, 2.75) is 33.0 Å². The normalized spacial score (nSPS) is 21.0. The van der Waals surface area contributed by atoms with Crippen LogP contribution in [0.5, 0.6) is 0 Å². The van der Waals surface area contributed by atoms with E-state index >= 15 is 0 Å². The number of rotatable bonds is 4. The van der Waals surface area contributed by atoms with Crippen molar-refractivity contribution in [3.05, 3.63) is 59.2 Å². The molecule has 0 spiro atoms. The molecule has 1 aliphatic heterocycles. The van der Waals surface area contributed by atoms with Crippen molar-refractivity contribution < 1.29 is 18.3 Å². The lowest BCUT2D eigenvalue weighted by atomic mass is 10.0. The fourth-order valence-corrected chi connectivity index (χ4v) is 2.96. The highest BCUT2D eigenvalue weighted by molar-refractivity contribution is 5.64. The van der Waals surface area contributed by atoms with Crippen molar-refractivity contribution in [1.82, 2.24) is 0 Å². The third kappa shape index (κ3) is 3.65. The molecule has 0 unspecified atom stereocenters. The van der Waals surface area contributed by atoms with E-state index in [-0.39, 0.29) is 11.9 Å². The van der Waals surface area contributed by atoms with E-state index in [4.69, 9.17) is 9.47 Å². The van der Waals surface area contributed by atoms with Crippen molar-refractivity contribution in [3.63, 3.8) is 0 Å². The maximum absolute atomic E-state index is 13.7. The van der Waals surface area contributed by atoms with Crippen LogP contribution in [0.4, 0.5) is 8.78 Å². The topological polar surface area (TPSA) is 18.5 Å². The highest BCUT2D eigenvalue weighted by Gasteiger charge is 2.23. The highest BCUT2D eigenvalue weighted by atomic mass is 19.1. The third-order valence-electron chi connectivity index (χ3n) is 4.46. The summed E-state index contributed by atoms with van der Waals surface area (Å²) in [5, 5.41) is 0. The molecule has 0 radical (unpaired) electrons. The van der Waals surface area contributed by atoms with Gasteiger partial charge in [-0.3, -0.25) is 0 Å². The van der Waals surface area contributed by atoms with Crippen LogP contribution in [0, 0.1) is 24.5 Å². The van der Waals surface area contributed by atoms with E-state index in [1.54, 1.807) is 0 Å². The molecule has 0 atom stereocenters. The Morgan fingerprint density at radius 3 is 2.08 bits per heavy atom. The lowest BCUT2D eigenvalue weighted by Gasteiger charge is -2.29. The van der Waals surface area contributed by atoms with E-state index in [0.717, 1.165) is 24.0 Å². The Balaban J connectivity index is 1.72. The van der Waals surface area contributed by atoms with Gasteiger partial charge in [-0.1, -0.05) is 37.6 Å². The summed E-state index contributed by atoms with van der Waals surface area (Å²) in [5.74, 6) is -0.603. The van der Waals surface area contributed by atoms with Gasteiger partial charge in [0.05, 0.1) is 13.2 Å². The first-order valence-electron chi connectivity index (χ1n) is 8.37. The molecule has 2 nitrogen and oxygen atoms in total. The van der Waals surface area contributed by atoms with Gasteiger partial charge < -0.3 is 9.47 Å². The van der Waals surface area contributed by atoms with Crippen LogP contribution in [-0.2, 0) is 9.47 Å². The van der Waals surface area contributed by atoms with Crippen molar-refractivity contribution >= 4 is 0 Å². The first-order chi connectivity index (χ1) is 11.6. The van der Waals surface area contributed by atoms with Gasteiger partial charge in [0.25, 0.3) is 0 Å². The minimum Gasteiger partial charge on any atom is -0.348 e. The van der Waals surface area contributed by atoms with Gasteiger partial charge in [0, 0.05) is 17.0 Å². The number of halogens is 2. The maximum atomic E-state index is 13.7. The standard InChI is InChI=1S/C20H22F2O2/c1-3-4-14-11-23-20(24-12-14)16-7-5-15(6-8-16)17-9-18(21)13(2)19(22)10-17/h5-10,14,20H,3-4,11-12H2,1-2H3. The van der Waals surface area contributed by atoms with Crippen molar-refractivity contribution in [3.8, 4) is 11.1 Å². The predicted molar refractivity (Wildman–Crippen MR) is 89.6 cm³/mol. The Morgan fingerprint density at radius 1 is 0.958 bits per heavy atom. The van der Waals surface area contributed by atoms with Crippen molar-refractivity contribution in [2.75, 3.05) is 13.2 Å².